The highest BCUT2D eigenvalue weighted by Crippen LogP contribution is 2.22. The Morgan fingerprint density at radius 2 is 1.52 bits per heavy atom. The number of likely N-dealkylation sites (N-methyl/N-ethyl adjacent to an activating group) is 1. The highest BCUT2D eigenvalue weighted by atomic mass is 16.2. The van der Waals surface area contributed by atoms with Gasteiger partial charge in [0.15, 0.2) is 0 Å². The van der Waals surface area contributed by atoms with Crippen molar-refractivity contribution in [3.63, 3.8) is 0 Å². The molecule has 25 heavy (non-hydrogen) atoms. The fourth-order valence-corrected chi connectivity index (χ4v) is 2.80. The Bertz CT molecular complexity index is 643. The number of benzene rings is 2. The summed E-state index contributed by atoms with van der Waals surface area (Å²) in [6.07, 6.45) is 0. The molecule has 0 spiro atoms. The van der Waals surface area contributed by atoms with E-state index in [1.54, 1.807) is 0 Å². The van der Waals surface area contributed by atoms with Crippen LogP contribution in [-0.2, 0) is 11.3 Å². The SMILES string of the molecule is CC(C(=O)N(CCN(C)C)Cc1ccccc1)C(N)c1ccccc1. The Hall–Kier alpha value is -2.17. The van der Waals surface area contributed by atoms with Gasteiger partial charge < -0.3 is 15.5 Å². The lowest BCUT2D eigenvalue weighted by atomic mass is 9.94. The molecule has 2 rings (SSSR count). The van der Waals surface area contributed by atoms with Crippen LogP contribution in [0.15, 0.2) is 60.7 Å². The first-order valence-electron chi connectivity index (χ1n) is 8.77. The number of hydrogen-bond acceptors (Lipinski definition) is 3. The summed E-state index contributed by atoms with van der Waals surface area (Å²) in [6.45, 7) is 4.05. The maximum absolute atomic E-state index is 13.1. The van der Waals surface area contributed by atoms with Gasteiger partial charge in [-0.15, -0.1) is 0 Å². The lowest BCUT2D eigenvalue weighted by Gasteiger charge is -2.29. The molecule has 4 nitrogen and oxygen atoms in total. The number of nitrogens with two attached hydrogens (primary N) is 1. The molecule has 0 fully saturated rings. The van der Waals surface area contributed by atoms with Crippen molar-refractivity contribution in [3.05, 3.63) is 71.8 Å². The van der Waals surface area contributed by atoms with Crippen LogP contribution in [0, 0.1) is 5.92 Å². The Morgan fingerprint density at radius 3 is 2.08 bits per heavy atom. The molecule has 0 aromatic heterocycles. The third-order valence-electron chi connectivity index (χ3n) is 4.46. The molecule has 0 saturated carbocycles. The first kappa shape index (κ1) is 19.2. The Labute approximate surface area is 151 Å². The molecule has 2 unspecified atom stereocenters. The van der Waals surface area contributed by atoms with Crippen LogP contribution in [0.5, 0.6) is 0 Å². The van der Waals surface area contributed by atoms with Crippen molar-refractivity contribution < 1.29 is 4.79 Å². The number of carbonyl (C=O) groups is 1. The number of carbonyl (C=O) groups excluding carboxylic acids is 1. The van der Waals surface area contributed by atoms with Crippen LogP contribution in [0.4, 0.5) is 0 Å². The molecule has 0 radical (unpaired) electrons. The summed E-state index contributed by atoms with van der Waals surface area (Å²) in [5.41, 5.74) is 8.50. The third-order valence-corrected chi connectivity index (χ3v) is 4.46. The highest BCUT2D eigenvalue weighted by molar-refractivity contribution is 5.79. The van der Waals surface area contributed by atoms with Crippen molar-refractivity contribution in [2.45, 2.75) is 19.5 Å². The van der Waals surface area contributed by atoms with Crippen LogP contribution in [0.1, 0.15) is 24.1 Å². The quantitative estimate of drug-likeness (QED) is 0.804. The minimum Gasteiger partial charge on any atom is -0.337 e. The molecular formula is C21H29N3O. The van der Waals surface area contributed by atoms with Crippen molar-refractivity contribution in [3.8, 4) is 0 Å². The summed E-state index contributed by atoms with van der Waals surface area (Å²) >= 11 is 0. The molecule has 2 atom stereocenters. The van der Waals surface area contributed by atoms with E-state index in [9.17, 15) is 4.79 Å². The Balaban J connectivity index is 2.12. The van der Waals surface area contributed by atoms with Crippen molar-refractivity contribution in [2.75, 3.05) is 27.2 Å². The van der Waals surface area contributed by atoms with Gasteiger partial charge in [-0.3, -0.25) is 4.79 Å². The summed E-state index contributed by atoms with van der Waals surface area (Å²) in [5.74, 6) is -0.171. The number of nitrogens with zero attached hydrogens (tertiary/aromatic N) is 2. The van der Waals surface area contributed by atoms with E-state index < -0.39 is 0 Å². The molecular weight excluding hydrogens is 310 g/mol. The van der Waals surface area contributed by atoms with E-state index in [1.807, 2.05) is 74.4 Å². The molecule has 2 aromatic rings. The zero-order valence-electron chi connectivity index (χ0n) is 15.4. The summed E-state index contributed by atoms with van der Waals surface area (Å²) in [6, 6.07) is 19.6. The van der Waals surface area contributed by atoms with E-state index in [1.165, 1.54) is 0 Å². The van der Waals surface area contributed by atoms with E-state index >= 15 is 0 Å². The van der Waals surface area contributed by atoms with Crippen LogP contribution in [0.25, 0.3) is 0 Å². The third kappa shape index (κ3) is 5.69. The van der Waals surface area contributed by atoms with Crippen LogP contribution >= 0.6 is 0 Å². The predicted molar refractivity (Wildman–Crippen MR) is 103 cm³/mol. The summed E-state index contributed by atoms with van der Waals surface area (Å²) in [5, 5.41) is 0. The lowest BCUT2D eigenvalue weighted by Crippen LogP contribution is -2.42. The molecule has 0 heterocycles. The number of rotatable bonds is 8. The molecule has 2 N–H and O–H groups in total. The van der Waals surface area contributed by atoms with Gasteiger partial charge in [-0.1, -0.05) is 67.6 Å². The van der Waals surface area contributed by atoms with Gasteiger partial charge in [-0.05, 0) is 25.2 Å². The molecule has 134 valence electrons. The second-order valence-electron chi connectivity index (χ2n) is 6.77. The van der Waals surface area contributed by atoms with Gasteiger partial charge >= 0.3 is 0 Å². The standard InChI is InChI=1S/C21H29N3O/c1-17(20(22)19-12-8-5-9-13-19)21(25)24(15-14-23(2)3)16-18-10-6-4-7-11-18/h4-13,17,20H,14-16,22H2,1-3H3. The molecule has 4 heteroatoms. The number of amides is 1. The number of hydrogen-bond donors (Lipinski definition) is 1. The first-order chi connectivity index (χ1) is 12.0. The van der Waals surface area contributed by atoms with Gasteiger partial charge in [-0.2, -0.15) is 0 Å². The lowest BCUT2D eigenvalue weighted by molar-refractivity contribution is -0.136. The van der Waals surface area contributed by atoms with Crippen LogP contribution in [0.3, 0.4) is 0 Å². The van der Waals surface area contributed by atoms with Gasteiger partial charge in [0, 0.05) is 25.7 Å². The molecule has 0 aliphatic heterocycles. The topological polar surface area (TPSA) is 49.6 Å². The minimum absolute atomic E-state index is 0.0991. The van der Waals surface area contributed by atoms with E-state index in [-0.39, 0.29) is 17.9 Å². The second-order valence-corrected chi connectivity index (χ2v) is 6.77. The minimum atomic E-state index is -0.300. The molecule has 0 aliphatic rings. The van der Waals surface area contributed by atoms with Gasteiger partial charge in [0.25, 0.3) is 0 Å². The Morgan fingerprint density at radius 1 is 0.960 bits per heavy atom. The maximum Gasteiger partial charge on any atom is 0.227 e. The van der Waals surface area contributed by atoms with Gasteiger partial charge in [0.1, 0.15) is 0 Å². The summed E-state index contributed by atoms with van der Waals surface area (Å²) in [7, 11) is 4.04. The van der Waals surface area contributed by atoms with Gasteiger partial charge in [0.05, 0.1) is 5.92 Å². The van der Waals surface area contributed by atoms with Crippen LogP contribution in [0.2, 0.25) is 0 Å². The van der Waals surface area contributed by atoms with Crippen molar-refractivity contribution in [1.29, 1.82) is 0 Å². The second kappa shape index (κ2) is 9.35. The van der Waals surface area contributed by atoms with E-state index in [2.05, 4.69) is 17.0 Å². The van der Waals surface area contributed by atoms with Crippen molar-refractivity contribution >= 4 is 5.91 Å². The maximum atomic E-state index is 13.1. The van der Waals surface area contributed by atoms with Crippen molar-refractivity contribution in [1.82, 2.24) is 9.80 Å². The molecule has 0 bridgehead atoms. The van der Waals surface area contributed by atoms with E-state index in [0.717, 1.165) is 17.7 Å². The zero-order chi connectivity index (χ0) is 18.2. The molecule has 2 aromatic carbocycles. The van der Waals surface area contributed by atoms with Crippen molar-refractivity contribution in [2.24, 2.45) is 11.7 Å². The highest BCUT2D eigenvalue weighted by Gasteiger charge is 2.26. The molecule has 0 saturated heterocycles. The van der Waals surface area contributed by atoms with Crippen LogP contribution < -0.4 is 5.73 Å². The van der Waals surface area contributed by atoms with Gasteiger partial charge in [-0.25, -0.2) is 0 Å². The largest absolute Gasteiger partial charge is 0.337 e. The summed E-state index contributed by atoms with van der Waals surface area (Å²) in [4.78, 5) is 17.1. The van der Waals surface area contributed by atoms with Gasteiger partial charge in [0.2, 0.25) is 5.91 Å². The smallest absolute Gasteiger partial charge is 0.227 e. The average molecular weight is 339 g/mol. The fraction of sp³-hybridized carbons (Fsp3) is 0.381. The Kier molecular flexibility index (Phi) is 7.16. The summed E-state index contributed by atoms with van der Waals surface area (Å²) < 4.78 is 0. The normalized spacial score (nSPS) is 13.5. The van der Waals surface area contributed by atoms with Crippen LogP contribution in [-0.4, -0.2) is 42.9 Å². The predicted octanol–water partition coefficient (Wildman–Crippen LogP) is 2.91. The average Bonchev–Trinajstić information content (AvgIpc) is 2.64. The monoisotopic (exact) mass is 339 g/mol. The zero-order valence-corrected chi connectivity index (χ0v) is 15.4. The van der Waals surface area contributed by atoms with E-state index in [4.69, 9.17) is 5.73 Å². The fourth-order valence-electron chi connectivity index (χ4n) is 2.80. The molecule has 0 aliphatic carbocycles. The first-order valence-corrected chi connectivity index (χ1v) is 8.77. The molecule has 1 amide bonds. The van der Waals surface area contributed by atoms with E-state index in [0.29, 0.717) is 13.1 Å².